The summed E-state index contributed by atoms with van der Waals surface area (Å²) in [7, 11) is 0. The number of ketones is 1. The Hall–Kier alpha value is -2.34. The molecule has 0 spiro atoms. The van der Waals surface area contributed by atoms with Gasteiger partial charge in [-0.3, -0.25) is 4.79 Å². The van der Waals surface area contributed by atoms with E-state index in [9.17, 15) is 18.0 Å². The molecule has 0 N–H and O–H groups in total. The molecule has 138 valence electrons. The number of halogens is 3. The average Bonchev–Trinajstić information content (AvgIpc) is 2.66. The molecule has 1 aliphatic heterocycles. The number of Topliss-reactive ketones (excluding diaryl/α,β-unsaturated/α-hetero) is 1. The monoisotopic (exact) mass is 363 g/mol. The topological polar surface area (TPSA) is 29.5 Å². The fourth-order valence-corrected chi connectivity index (χ4v) is 2.99. The minimum atomic E-state index is -4.37. The second kappa shape index (κ2) is 7.91. The minimum Gasteiger partial charge on any atom is -0.378 e. The summed E-state index contributed by atoms with van der Waals surface area (Å²) >= 11 is 0. The van der Waals surface area contributed by atoms with E-state index in [4.69, 9.17) is 4.74 Å². The van der Waals surface area contributed by atoms with Crippen molar-refractivity contribution in [1.29, 1.82) is 0 Å². The van der Waals surface area contributed by atoms with Crippen molar-refractivity contribution in [3.63, 3.8) is 0 Å². The number of alkyl halides is 3. The molecule has 1 fully saturated rings. The van der Waals surface area contributed by atoms with E-state index in [0.717, 1.165) is 30.9 Å². The Balaban J connectivity index is 1.60. The van der Waals surface area contributed by atoms with Crippen molar-refractivity contribution in [2.75, 3.05) is 31.2 Å². The molecule has 1 saturated heterocycles. The predicted molar refractivity (Wildman–Crippen MR) is 93.6 cm³/mol. The molecule has 0 aromatic heterocycles. The van der Waals surface area contributed by atoms with Crippen molar-refractivity contribution in [3.8, 4) is 0 Å². The van der Waals surface area contributed by atoms with E-state index in [2.05, 4.69) is 4.90 Å². The number of rotatable bonds is 5. The summed E-state index contributed by atoms with van der Waals surface area (Å²) in [6.07, 6.45) is -3.90. The lowest BCUT2D eigenvalue weighted by atomic mass is 10.0. The van der Waals surface area contributed by atoms with E-state index in [1.807, 2.05) is 12.1 Å². The molecular formula is C20H20F3NO2. The van der Waals surface area contributed by atoms with Crippen molar-refractivity contribution >= 4 is 11.5 Å². The number of morpholine rings is 1. The van der Waals surface area contributed by atoms with E-state index in [-0.39, 0.29) is 18.6 Å². The highest BCUT2D eigenvalue weighted by Gasteiger charge is 2.30. The second-order valence-corrected chi connectivity index (χ2v) is 6.27. The normalized spacial score (nSPS) is 15.1. The number of hydrogen-bond acceptors (Lipinski definition) is 3. The number of carbonyl (C=O) groups is 1. The smallest absolute Gasteiger partial charge is 0.378 e. The summed E-state index contributed by atoms with van der Waals surface area (Å²) < 4.78 is 43.6. The SMILES string of the molecule is O=C(CCc1cccc(C(F)(F)F)c1)c1ccc(N2CCOCC2)cc1. The van der Waals surface area contributed by atoms with Crippen LogP contribution in [-0.2, 0) is 17.3 Å². The van der Waals surface area contributed by atoms with Crippen LogP contribution in [0.4, 0.5) is 18.9 Å². The zero-order valence-electron chi connectivity index (χ0n) is 14.3. The van der Waals surface area contributed by atoms with Crippen molar-refractivity contribution in [2.45, 2.75) is 19.0 Å². The van der Waals surface area contributed by atoms with Crippen LogP contribution >= 0.6 is 0 Å². The van der Waals surface area contributed by atoms with Crippen LogP contribution in [0, 0.1) is 0 Å². The summed E-state index contributed by atoms with van der Waals surface area (Å²) in [6, 6.07) is 12.5. The maximum Gasteiger partial charge on any atom is 0.416 e. The summed E-state index contributed by atoms with van der Waals surface area (Å²) in [5.74, 6) is -0.0732. The number of ether oxygens (including phenoxy) is 1. The molecule has 0 saturated carbocycles. The molecule has 6 heteroatoms. The lowest BCUT2D eigenvalue weighted by Crippen LogP contribution is -2.36. The van der Waals surface area contributed by atoms with Crippen LogP contribution in [0.1, 0.15) is 27.9 Å². The van der Waals surface area contributed by atoms with Crippen molar-refractivity contribution in [3.05, 3.63) is 65.2 Å². The Bertz CT molecular complexity index is 750. The molecule has 0 radical (unpaired) electrons. The maximum atomic E-state index is 12.7. The van der Waals surface area contributed by atoms with Gasteiger partial charge < -0.3 is 9.64 Å². The quantitative estimate of drug-likeness (QED) is 0.740. The molecule has 3 rings (SSSR count). The summed E-state index contributed by atoms with van der Waals surface area (Å²) in [5, 5.41) is 0. The highest BCUT2D eigenvalue weighted by atomic mass is 19.4. The van der Waals surface area contributed by atoms with Crippen LogP contribution in [-0.4, -0.2) is 32.1 Å². The lowest BCUT2D eigenvalue weighted by molar-refractivity contribution is -0.137. The molecule has 0 unspecified atom stereocenters. The molecule has 26 heavy (non-hydrogen) atoms. The molecule has 0 aliphatic carbocycles. The van der Waals surface area contributed by atoms with Crippen molar-refractivity contribution in [1.82, 2.24) is 0 Å². The molecule has 1 aliphatic rings. The van der Waals surface area contributed by atoms with Gasteiger partial charge in [0.2, 0.25) is 0 Å². The largest absolute Gasteiger partial charge is 0.416 e. The number of carbonyl (C=O) groups excluding carboxylic acids is 1. The Morgan fingerprint density at radius 1 is 1.04 bits per heavy atom. The maximum absolute atomic E-state index is 12.7. The fourth-order valence-electron chi connectivity index (χ4n) is 2.99. The zero-order chi connectivity index (χ0) is 18.6. The third-order valence-corrected chi connectivity index (χ3v) is 4.46. The average molecular weight is 363 g/mol. The molecule has 2 aromatic carbocycles. The van der Waals surface area contributed by atoms with Gasteiger partial charge in [0.05, 0.1) is 18.8 Å². The number of aryl methyl sites for hydroxylation is 1. The molecule has 0 bridgehead atoms. The Morgan fingerprint density at radius 2 is 1.73 bits per heavy atom. The van der Waals surface area contributed by atoms with Crippen molar-refractivity contribution in [2.24, 2.45) is 0 Å². The van der Waals surface area contributed by atoms with E-state index in [0.29, 0.717) is 24.3 Å². The first kappa shape index (κ1) is 18.5. The first-order valence-corrected chi connectivity index (χ1v) is 8.55. The second-order valence-electron chi connectivity index (χ2n) is 6.27. The summed E-state index contributed by atoms with van der Waals surface area (Å²) in [5.41, 5.74) is 1.45. The first-order valence-electron chi connectivity index (χ1n) is 8.55. The van der Waals surface area contributed by atoms with Gasteiger partial charge >= 0.3 is 6.18 Å². The summed E-state index contributed by atoms with van der Waals surface area (Å²) in [6.45, 7) is 3.03. The number of benzene rings is 2. The van der Waals surface area contributed by atoms with Gasteiger partial charge in [-0.15, -0.1) is 0 Å². The number of hydrogen-bond donors (Lipinski definition) is 0. The Labute approximate surface area is 150 Å². The minimum absolute atomic E-state index is 0.0732. The molecule has 1 heterocycles. The predicted octanol–water partition coefficient (Wildman–Crippen LogP) is 4.36. The van der Waals surface area contributed by atoms with Gasteiger partial charge in [0.15, 0.2) is 5.78 Å². The Morgan fingerprint density at radius 3 is 2.38 bits per heavy atom. The van der Waals surface area contributed by atoms with Gasteiger partial charge in [-0.05, 0) is 42.3 Å². The first-order chi connectivity index (χ1) is 12.4. The lowest BCUT2D eigenvalue weighted by Gasteiger charge is -2.28. The molecule has 0 atom stereocenters. The van der Waals surface area contributed by atoms with Gasteiger partial charge in [-0.25, -0.2) is 0 Å². The third kappa shape index (κ3) is 4.64. The number of nitrogens with zero attached hydrogens (tertiary/aromatic N) is 1. The van der Waals surface area contributed by atoms with E-state index in [1.54, 1.807) is 18.2 Å². The van der Waals surface area contributed by atoms with Gasteiger partial charge in [0, 0.05) is 30.8 Å². The van der Waals surface area contributed by atoms with Crippen LogP contribution in [0.25, 0.3) is 0 Å². The van der Waals surface area contributed by atoms with Gasteiger partial charge in [-0.1, -0.05) is 18.2 Å². The molecular weight excluding hydrogens is 343 g/mol. The van der Waals surface area contributed by atoms with E-state index < -0.39 is 11.7 Å². The van der Waals surface area contributed by atoms with Gasteiger partial charge in [0.25, 0.3) is 0 Å². The van der Waals surface area contributed by atoms with Gasteiger partial charge in [0.1, 0.15) is 0 Å². The fraction of sp³-hybridized carbons (Fsp3) is 0.350. The van der Waals surface area contributed by atoms with E-state index in [1.165, 1.54) is 6.07 Å². The Kier molecular flexibility index (Phi) is 5.61. The van der Waals surface area contributed by atoms with Gasteiger partial charge in [-0.2, -0.15) is 13.2 Å². The van der Waals surface area contributed by atoms with Crippen LogP contribution in [0.15, 0.2) is 48.5 Å². The highest BCUT2D eigenvalue weighted by molar-refractivity contribution is 5.96. The zero-order valence-corrected chi connectivity index (χ0v) is 14.3. The molecule has 0 amide bonds. The highest BCUT2D eigenvalue weighted by Crippen LogP contribution is 2.29. The van der Waals surface area contributed by atoms with Crippen LogP contribution in [0.3, 0.4) is 0 Å². The van der Waals surface area contributed by atoms with Crippen LogP contribution in [0.2, 0.25) is 0 Å². The van der Waals surface area contributed by atoms with Crippen molar-refractivity contribution < 1.29 is 22.7 Å². The van der Waals surface area contributed by atoms with Crippen LogP contribution in [0.5, 0.6) is 0 Å². The van der Waals surface area contributed by atoms with Crippen LogP contribution < -0.4 is 4.90 Å². The van der Waals surface area contributed by atoms with E-state index >= 15 is 0 Å². The third-order valence-electron chi connectivity index (χ3n) is 4.46. The standard InChI is InChI=1S/C20H20F3NO2/c21-20(22,23)17-3-1-2-15(14-17)4-9-19(25)16-5-7-18(8-6-16)24-10-12-26-13-11-24/h1-3,5-8,14H,4,9-13H2. The molecule has 2 aromatic rings. The summed E-state index contributed by atoms with van der Waals surface area (Å²) in [4.78, 5) is 14.5. The number of anilines is 1. The molecule has 3 nitrogen and oxygen atoms in total.